The first kappa shape index (κ1) is 10.8. The summed E-state index contributed by atoms with van der Waals surface area (Å²) in [5.41, 5.74) is 2.70. The SMILES string of the molecule is CCC(C)(C)c1nn(C)cc1CBr. The van der Waals surface area contributed by atoms with Gasteiger partial charge in [0.1, 0.15) is 0 Å². The summed E-state index contributed by atoms with van der Waals surface area (Å²) in [6.07, 6.45) is 3.20. The van der Waals surface area contributed by atoms with Gasteiger partial charge in [-0.1, -0.05) is 36.7 Å². The molecule has 0 fully saturated rings. The molecule has 1 heterocycles. The summed E-state index contributed by atoms with van der Waals surface area (Å²) < 4.78 is 1.89. The van der Waals surface area contributed by atoms with Gasteiger partial charge in [-0.3, -0.25) is 4.68 Å². The topological polar surface area (TPSA) is 17.8 Å². The quantitative estimate of drug-likeness (QED) is 0.748. The Bertz CT molecular complexity index is 289. The monoisotopic (exact) mass is 244 g/mol. The molecule has 0 aliphatic heterocycles. The summed E-state index contributed by atoms with van der Waals surface area (Å²) >= 11 is 3.49. The van der Waals surface area contributed by atoms with Gasteiger partial charge in [0, 0.05) is 29.6 Å². The first-order valence-corrected chi connectivity index (χ1v) is 5.72. The van der Waals surface area contributed by atoms with Crippen LogP contribution >= 0.6 is 15.9 Å². The highest BCUT2D eigenvalue weighted by molar-refractivity contribution is 9.08. The highest BCUT2D eigenvalue weighted by Gasteiger charge is 2.24. The van der Waals surface area contributed by atoms with Crippen molar-refractivity contribution in [1.82, 2.24) is 9.78 Å². The summed E-state index contributed by atoms with van der Waals surface area (Å²) in [5.74, 6) is 0. The number of alkyl halides is 1. The molecular formula is C10H17BrN2. The summed E-state index contributed by atoms with van der Waals surface area (Å²) in [5, 5.41) is 5.40. The largest absolute Gasteiger partial charge is 0.275 e. The molecule has 0 amide bonds. The molecule has 1 aromatic heterocycles. The number of hydrogen-bond donors (Lipinski definition) is 0. The third-order valence-electron chi connectivity index (χ3n) is 2.57. The predicted molar refractivity (Wildman–Crippen MR) is 59.2 cm³/mol. The van der Waals surface area contributed by atoms with E-state index in [0.29, 0.717) is 0 Å². The van der Waals surface area contributed by atoms with E-state index in [4.69, 9.17) is 0 Å². The summed E-state index contributed by atoms with van der Waals surface area (Å²) in [7, 11) is 1.97. The van der Waals surface area contributed by atoms with Gasteiger partial charge in [-0.2, -0.15) is 5.10 Å². The Kier molecular flexibility index (Phi) is 3.17. The number of nitrogens with zero attached hydrogens (tertiary/aromatic N) is 2. The van der Waals surface area contributed by atoms with E-state index in [2.05, 4.69) is 48.0 Å². The highest BCUT2D eigenvalue weighted by atomic mass is 79.9. The zero-order valence-corrected chi connectivity index (χ0v) is 10.3. The van der Waals surface area contributed by atoms with E-state index >= 15 is 0 Å². The maximum atomic E-state index is 4.51. The number of halogens is 1. The lowest BCUT2D eigenvalue weighted by molar-refractivity contribution is 0.479. The van der Waals surface area contributed by atoms with Gasteiger partial charge in [0.2, 0.25) is 0 Å². The van der Waals surface area contributed by atoms with Crippen molar-refractivity contribution in [2.24, 2.45) is 7.05 Å². The van der Waals surface area contributed by atoms with Crippen LogP contribution in [0.4, 0.5) is 0 Å². The number of hydrogen-bond acceptors (Lipinski definition) is 1. The van der Waals surface area contributed by atoms with Gasteiger partial charge in [0.05, 0.1) is 5.69 Å². The molecule has 1 rings (SSSR count). The fraction of sp³-hybridized carbons (Fsp3) is 0.700. The molecule has 2 nitrogen and oxygen atoms in total. The van der Waals surface area contributed by atoms with Crippen LogP contribution in [0.1, 0.15) is 38.4 Å². The van der Waals surface area contributed by atoms with Crippen molar-refractivity contribution in [3.05, 3.63) is 17.5 Å². The third kappa shape index (κ3) is 2.13. The Balaban J connectivity index is 3.12. The molecule has 3 heteroatoms. The molecular weight excluding hydrogens is 228 g/mol. The first-order valence-electron chi connectivity index (χ1n) is 4.60. The van der Waals surface area contributed by atoms with Crippen LogP contribution in [0, 0.1) is 0 Å². The molecule has 0 saturated heterocycles. The molecule has 74 valence electrons. The van der Waals surface area contributed by atoms with Crippen LogP contribution < -0.4 is 0 Å². The van der Waals surface area contributed by atoms with Crippen LogP contribution in [0.3, 0.4) is 0 Å². The molecule has 0 atom stereocenters. The van der Waals surface area contributed by atoms with Gasteiger partial charge in [0.25, 0.3) is 0 Å². The average Bonchev–Trinajstić information content (AvgIpc) is 2.47. The highest BCUT2D eigenvalue weighted by Crippen LogP contribution is 2.28. The first-order chi connectivity index (χ1) is 6.01. The van der Waals surface area contributed by atoms with Crippen LogP contribution in [-0.4, -0.2) is 9.78 Å². The van der Waals surface area contributed by atoms with Crippen LogP contribution in [0.2, 0.25) is 0 Å². The fourth-order valence-electron chi connectivity index (χ4n) is 1.37. The molecule has 0 N–H and O–H groups in total. The molecule has 0 radical (unpaired) electrons. The lowest BCUT2D eigenvalue weighted by atomic mass is 9.85. The van der Waals surface area contributed by atoms with Crippen molar-refractivity contribution in [2.45, 2.75) is 37.9 Å². The zero-order valence-electron chi connectivity index (χ0n) is 8.76. The Morgan fingerprint density at radius 3 is 2.62 bits per heavy atom. The minimum Gasteiger partial charge on any atom is -0.275 e. The molecule has 0 unspecified atom stereocenters. The van der Waals surface area contributed by atoms with E-state index < -0.39 is 0 Å². The molecule has 0 bridgehead atoms. The van der Waals surface area contributed by atoms with E-state index in [1.54, 1.807) is 0 Å². The van der Waals surface area contributed by atoms with Gasteiger partial charge >= 0.3 is 0 Å². The normalized spacial score (nSPS) is 12.1. The predicted octanol–water partition coefficient (Wildman–Crippen LogP) is 3.00. The van der Waals surface area contributed by atoms with E-state index in [1.165, 1.54) is 11.3 Å². The Morgan fingerprint density at radius 1 is 1.54 bits per heavy atom. The molecule has 0 aliphatic rings. The number of aromatic nitrogens is 2. The van der Waals surface area contributed by atoms with Gasteiger partial charge in [-0.15, -0.1) is 0 Å². The van der Waals surface area contributed by atoms with Crippen molar-refractivity contribution in [3.63, 3.8) is 0 Å². The lowest BCUT2D eigenvalue weighted by Gasteiger charge is -2.21. The average molecular weight is 245 g/mol. The summed E-state index contributed by atoms with van der Waals surface area (Å²) in [4.78, 5) is 0. The summed E-state index contributed by atoms with van der Waals surface area (Å²) in [6.45, 7) is 6.68. The van der Waals surface area contributed by atoms with E-state index in [1.807, 2.05) is 11.7 Å². The second-order valence-corrected chi connectivity index (χ2v) is 4.61. The molecule has 0 aromatic carbocycles. The molecule has 0 aliphatic carbocycles. The van der Waals surface area contributed by atoms with Crippen molar-refractivity contribution < 1.29 is 0 Å². The second kappa shape index (κ2) is 3.82. The lowest BCUT2D eigenvalue weighted by Crippen LogP contribution is -2.18. The minimum absolute atomic E-state index is 0.185. The minimum atomic E-state index is 0.185. The second-order valence-electron chi connectivity index (χ2n) is 4.05. The zero-order chi connectivity index (χ0) is 10.1. The number of rotatable bonds is 3. The van der Waals surface area contributed by atoms with E-state index in [9.17, 15) is 0 Å². The fourth-order valence-corrected chi connectivity index (χ4v) is 1.78. The third-order valence-corrected chi connectivity index (χ3v) is 3.18. The summed E-state index contributed by atoms with van der Waals surface area (Å²) in [6, 6.07) is 0. The van der Waals surface area contributed by atoms with Crippen molar-refractivity contribution in [1.29, 1.82) is 0 Å². The van der Waals surface area contributed by atoms with Crippen LogP contribution in [-0.2, 0) is 17.8 Å². The van der Waals surface area contributed by atoms with Crippen molar-refractivity contribution in [3.8, 4) is 0 Å². The van der Waals surface area contributed by atoms with Gasteiger partial charge in [-0.25, -0.2) is 0 Å². The molecule has 0 saturated carbocycles. The standard InChI is InChI=1S/C10H17BrN2/c1-5-10(2,3)9-8(6-11)7-13(4)12-9/h7H,5-6H2,1-4H3. The Morgan fingerprint density at radius 2 is 2.15 bits per heavy atom. The molecule has 0 spiro atoms. The van der Waals surface area contributed by atoms with Gasteiger partial charge in [0.15, 0.2) is 0 Å². The van der Waals surface area contributed by atoms with E-state index in [-0.39, 0.29) is 5.41 Å². The molecule has 1 aromatic rings. The Hall–Kier alpha value is -0.310. The van der Waals surface area contributed by atoms with Crippen molar-refractivity contribution in [2.75, 3.05) is 0 Å². The van der Waals surface area contributed by atoms with Crippen LogP contribution in [0.15, 0.2) is 6.20 Å². The Labute approximate surface area is 88.5 Å². The van der Waals surface area contributed by atoms with Crippen LogP contribution in [0.25, 0.3) is 0 Å². The van der Waals surface area contributed by atoms with Gasteiger partial charge < -0.3 is 0 Å². The smallest absolute Gasteiger partial charge is 0.0720 e. The van der Waals surface area contributed by atoms with Crippen molar-refractivity contribution >= 4 is 15.9 Å². The molecule has 13 heavy (non-hydrogen) atoms. The maximum absolute atomic E-state index is 4.51. The number of aryl methyl sites for hydroxylation is 1. The van der Waals surface area contributed by atoms with E-state index in [0.717, 1.165) is 11.8 Å². The maximum Gasteiger partial charge on any atom is 0.0720 e. The van der Waals surface area contributed by atoms with Crippen LogP contribution in [0.5, 0.6) is 0 Å². The van der Waals surface area contributed by atoms with Gasteiger partial charge in [-0.05, 0) is 6.42 Å².